The molecule has 0 aliphatic heterocycles. The van der Waals surface area contributed by atoms with Gasteiger partial charge in [0.2, 0.25) is 5.78 Å². The molecule has 0 radical (unpaired) electrons. The third-order valence-corrected chi connectivity index (χ3v) is 6.52. The molecule has 0 atom stereocenters. The Kier molecular flexibility index (Phi) is 5.45. The minimum atomic E-state index is -0.413. The fourth-order valence-corrected chi connectivity index (χ4v) is 4.59. The Morgan fingerprint density at radius 2 is 1.43 bits per heavy atom. The van der Waals surface area contributed by atoms with Crippen molar-refractivity contribution in [1.29, 1.82) is 0 Å². The zero-order chi connectivity index (χ0) is 25.5. The number of aryl methyl sites for hydroxylation is 1. The number of nitrogens with zero attached hydrogens (tertiary/aromatic N) is 6. The molecule has 0 amide bonds. The van der Waals surface area contributed by atoms with Crippen LogP contribution in [0.2, 0.25) is 0 Å². The fourth-order valence-electron chi connectivity index (χ4n) is 4.59. The van der Waals surface area contributed by atoms with Gasteiger partial charge in [-0.05, 0) is 23.3 Å². The molecule has 6 rings (SSSR count). The van der Waals surface area contributed by atoms with Crippen LogP contribution >= 0.6 is 0 Å². The van der Waals surface area contributed by atoms with E-state index in [2.05, 4.69) is 10.2 Å². The van der Waals surface area contributed by atoms with Crippen molar-refractivity contribution in [2.24, 2.45) is 14.1 Å². The molecule has 184 valence electrons. The maximum atomic E-state index is 13.3. The van der Waals surface area contributed by atoms with E-state index in [9.17, 15) is 9.59 Å². The van der Waals surface area contributed by atoms with Gasteiger partial charge in [0.05, 0.1) is 6.54 Å². The van der Waals surface area contributed by atoms with E-state index in [4.69, 9.17) is 4.74 Å². The van der Waals surface area contributed by atoms with Gasteiger partial charge in [0.15, 0.2) is 17.0 Å². The monoisotopic (exact) mass is 492 g/mol. The Labute approximate surface area is 211 Å². The summed E-state index contributed by atoms with van der Waals surface area (Å²) in [6.07, 6.45) is 0. The second-order valence-corrected chi connectivity index (χ2v) is 8.91. The highest BCUT2D eigenvalue weighted by atomic mass is 16.5. The summed E-state index contributed by atoms with van der Waals surface area (Å²) >= 11 is 0. The average molecular weight is 493 g/mol. The zero-order valence-electron chi connectivity index (χ0n) is 20.4. The third kappa shape index (κ3) is 3.81. The van der Waals surface area contributed by atoms with Crippen LogP contribution in [0.4, 0.5) is 0 Å². The first-order valence-electron chi connectivity index (χ1n) is 11.9. The predicted octanol–water partition coefficient (Wildman–Crippen LogP) is 3.38. The van der Waals surface area contributed by atoms with Crippen molar-refractivity contribution in [3.63, 3.8) is 0 Å². The minimum Gasteiger partial charge on any atom is -0.489 e. The number of rotatable bonds is 6. The Morgan fingerprint density at radius 3 is 2.14 bits per heavy atom. The van der Waals surface area contributed by atoms with Crippen LogP contribution in [0.25, 0.3) is 28.3 Å². The second kappa shape index (κ2) is 8.94. The fraction of sp³-hybridized carbons (Fsp3) is 0.143. The SMILES string of the molecule is Cn1c(=O)c2c(n(C)c1=O)n1c(-c3ccc(COc4ccccc4)cc3)nnc1n2Cc1ccccc1. The molecule has 0 fully saturated rings. The number of aromatic nitrogens is 6. The molecule has 0 N–H and O–H groups in total. The van der Waals surface area contributed by atoms with Crippen LogP contribution in [-0.4, -0.2) is 28.3 Å². The van der Waals surface area contributed by atoms with Crippen molar-refractivity contribution in [3.8, 4) is 17.1 Å². The maximum absolute atomic E-state index is 13.3. The Balaban J connectivity index is 1.48. The third-order valence-electron chi connectivity index (χ3n) is 6.52. The van der Waals surface area contributed by atoms with Gasteiger partial charge in [0, 0.05) is 19.7 Å². The number of para-hydroxylation sites is 1. The van der Waals surface area contributed by atoms with E-state index in [0.29, 0.717) is 35.9 Å². The summed E-state index contributed by atoms with van der Waals surface area (Å²) in [5.41, 5.74) is 2.88. The average Bonchev–Trinajstić information content (AvgIpc) is 3.50. The number of hydrogen-bond acceptors (Lipinski definition) is 5. The van der Waals surface area contributed by atoms with Crippen molar-refractivity contribution in [2.45, 2.75) is 13.2 Å². The summed E-state index contributed by atoms with van der Waals surface area (Å²) in [6, 6.07) is 27.3. The molecule has 0 aliphatic carbocycles. The highest BCUT2D eigenvalue weighted by Gasteiger charge is 2.24. The van der Waals surface area contributed by atoms with Gasteiger partial charge >= 0.3 is 5.69 Å². The molecule has 3 aromatic carbocycles. The lowest BCUT2D eigenvalue weighted by Crippen LogP contribution is -2.37. The lowest BCUT2D eigenvalue weighted by molar-refractivity contribution is 0.306. The van der Waals surface area contributed by atoms with E-state index in [1.165, 1.54) is 11.6 Å². The van der Waals surface area contributed by atoms with Gasteiger partial charge in [-0.2, -0.15) is 0 Å². The predicted molar refractivity (Wildman–Crippen MR) is 141 cm³/mol. The lowest BCUT2D eigenvalue weighted by atomic mass is 10.1. The number of fused-ring (bicyclic) bond motifs is 3. The normalized spacial score (nSPS) is 11.4. The standard InChI is InChI=1S/C28H24N6O3/c1-31-25-23(26(35)32(2)28(31)36)33(17-19-9-5-3-6-10-19)27-30-29-24(34(25)27)21-15-13-20(14-16-21)18-37-22-11-7-4-8-12-22/h3-16H,17-18H2,1-2H3. The highest BCUT2D eigenvalue weighted by molar-refractivity contribution is 5.80. The van der Waals surface area contributed by atoms with E-state index in [-0.39, 0.29) is 5.56 Å². The van der Waals surface area contributed by atoms with E-state index >= 15 is 0 Å². The first-order valence-corrected chi connectivity index (χ1v) is 11.9. The van der Waals surface area contributed by atoms with Crippen molar-refractivity contribution in [2.75, 3.05) is 0 Å². The van der Waals surface area contributed by atoms with Gasteiger partial charge in [-0.1, -0.05) is 72.8 Å². The first-order chi connectivity index (χ1) is 18.0. The van der Waals surface area contributed by atoms with Crippen molar-refractivity contribution < 1.29 is 4.74 Å². The summed E-state index contributed by atoms with van der Waals surface area (Å²) in [4.78, 5) is 26.2. The largest absolute Gasteiger partial charge is 0.489 e. The van der Waals surface area contributed by atoms with Gasteiger partial charge in [0.25, 0.3) is 5.56 Å². The van der Waals surface area contributed by atoms with E-state index < -0.39 is 5.69 Å². The van der Waals surface area contributed by atoms with E-state index in [1.807, 2.05) is 89.5 Å². The van der Waals surface area contributed by atoms with Crippen LogP contribution in [0.15, 0.2) is 94.5 Å². The highest BCUT2D eigenvalue weighted by Crippen LogP contribution is 2.25. The molecule has 3 heterocycles. The molecule has 0 spiro atoms. The van der Waals surface area contributed by atoms with Gasteiger partial charge in [-0.15, -0.1) is 10.2 Å². The van der Waals surface area contributed by atoms with Gasteiger partial charge in [-0.25, -0.2) is 9.20 Å². The Hall–Kier alpha value is -4.92. The van der Waals surface area contributed by atoms with E-state index in [1.54, 1.807) is 11.4 Å². The molecule has 9 nitrogen and oxygen atoms in total. The minimum absolute atomic E-state index is 0.376. The zero-order valence-corrected chi connectivity index (χ0v) is 20.4. The summed E-state index contributed by atoms with van der Waals surface area (Å²) in [7, 11) is 3.15. The van der Waals surface area contributed by atoms with Gasteiger partial charge < -0.3 is 4.74 Å². The van der Waals surface area contributed by atoms with Crippen LogP contribution in [0, 0.1) is 0 Å². The first kappa shape index (κ1) is 22.5. The molecule has 0 aliphatic rings. The molecule has 0 unspecified atom stereocenters. The van der Waals surface area contributed by atoms with E-state index in [0.717, 1.165) is 27.0 Å². The number of imidazole rings is 1. The van der Waals surface area contributed by atoms with Gasteiger partial charge in [-0.3, -0.25) is 18.5 Å². The van der Waals surface area contributed by atoms with Crippen LogP contribution in [0.5, 0.6) is 5.75 Å². The number of benzene rings is 3. The number of hydrogen-bond donors (Lipinski definition) is 0. The quantitative estimate of drug-likeness (QED) is 0.356. The molecule has 9 heteroatoms. The van der Waals surface area contributed by atoms with Crippen LogP contribution in [0.1, 0.15) is 11.1 Å². The topological polar surface area (TPSA) is 88.3 Å². The van der Waals surface area contributed by atoms with Crippen molar-refractivity contribution in [3.05, 3.63) is 117 Å². The summed E-state index contributed by atoms with van der Waals surface area (Å²) < 4.78 is 12.1. The van der Waals surface area contributed by atoms with Crippen molar-refractivity contribution >= 4 is 16.9 Å². The summed E-state index contributed by atoms with van der Waals surface area (Å²) in [6.45, 7) is 0.843. The molecule has 0 saturated heterocycles. The van der Waals surface area contributed by atoms with Crippen LogP contribution in [0.3, 0.4) is 0 Å². The molecule has 6 aromatic rings. The van der Waals surface area contributed by atoms with Crippen molar-refractivity contribution in [1.82, 2.24) is 28.3 Å². The summed E-state index contributed by atoms with van der Waals surface area (Å²) in [5, 5.41) is 8.92. The van der Waals surface area contributed by atoms with Crippen LogP contribution < -0.4 is 16.0 Å². The summed E-state index contributed by atoms with van der Waals surface area (Å²) in [5.74, 6) is 1.84. The molecular weight excluding hydrogens is 468 g/mol. The molecule has 0 bridgehead atoms. The smallest absolute Gasteiger partial charge is 0.332 e. The van der Waals surface area contributed by atoms with Gasteiger partial charge in [0.1, 0.15) is 12.4 Å². The second-order valence-electron chi connectivity index (χ2n) is 8.91. The molecular formula is C28H24N6O3. The molecule has 0 saturated carbocycles. The Morgan fingerprint density at radius 1 is 0.757 bits per heavy atom. The number of ether oxygens (including phenoxy) is 1. The lowest BCUT2D eigenvalue weighted by Gasteiger charge is -2.08. The maximum Gasteiger partial charge on any atom is 0.332 e. The van der Waals surface area contributed by atoms with Crippen LogP contribution in [-0.2, 0) is 27.2 Å². The molecule has 3 aromatic heterocycles. The Bertz CT molecular complexity index is 1850. The molecule has 37 heavy (non-hydrogen) atoms.